The van der Waals surface area contributed by atoms with Crippen LogP contribution in [0, 0.1) is 5.92 Å². The van der Waals surface area contributed by atoms with Crippen LogP contribution in [0.4, 0.5) is 0 Å². The van der Waals surface area contributed by atoms with Gasteiger partial charge in [0, 0.05) is 32.0 Å². The molecule has 1 aromatic heterocycles. The summed E-state index contributed by atoms with van der Waals surface area (Å²) in [6.45, 7) is 4.16. The second-order valence-electron chi connectivity index (χ2n) is 7.21. The Kier molecular flexibility index (Phi) is 4.45. The first-order valence-corrected chi connectivity index (χ1v) is 9.26. The molecule has 2 atom stereocenters. The zero-order valence-electron chi connectivity index (χ0n) is 14.6. The number of ether oxygens (including phenoxy) is 1. The van der Waals surface area contributed by atoms with E-state index in [0.29, 0.717) is 44.5 Å². The fraction of sp³-hybridized carbons (Fsp3) is 0.765. The third-order valence-corrected chi connectivity index (χ3v) is 5.20. The Labute approximate surface area is 146 Å². The number of carbonyl (C=O) groups excluding carboxylic acids is 2. The summed E-state index contributed by atoms with van der Waals surface area (Å²) in [5.74, 6) is 1.45. The Balaban J connectivity index is 1.38. The highest BCUT2D eigenvalue weighted by molar-refractivity contribution is 5.89. The van der Waals surface area contributed by atoms with Crippen LogP contribution in [0.3, 0.4) is 0 Å². The highest BCUT2D eigenvalue weighted by atomic mass is 16.5. The largest absolute Gasteiger partial charge is 0.366 e. The van der Waals surface area contributed by atoms with Crippen LogP contribution in [0.5, 0.6) is 0 Å². The lowest BCUT2D eigenvalue weighted by Gasteiger charge is -2.33. The molecule has 3 aliphatic rings. The third kappa shape index (κ3) is 3.40. The quantitative estimate of drug-likeness (QED) is 0.845. The fourth-order valence-corrected chi connectivity index (χ4v) is 3.70. The molecule has 0 spiro atoms. The van der Waals surface area contributed by atoms with Gasteiger partial charge in [-0.1, -0.05) is 6.92 Å². The molecule has 25 heavy (non-hydrogen) atoms. The number of aromatic amines is 1. The van der Waals surface area contributed by atoms with Gasteiger partial charge in [0.2, 0.25) is 11.8 Å². The van der Waals surface area contributed by atoms with E-state index in [1.807, 2.05) is 9.80 Å². The fourth-order valence-electron chi connectivity index (χ4n) is 3.70. The number of rotatable bonds is 5. The van der Waals surface area contributed by atoms with E-state index in [4.69, 9.17) is 4.74 Å². The van der Waals surface area contributed by atoms with Crippen molar-refractivity contribution in [1.29, 1.82) is 0 Å². The summed E-state index contributed by atoms with van der Waals surface area (Å²) in [6, 6.07) is 0.382. The van der Waals surface area contributed by atoms with Gasteiger partial charge in [0.1, 0.15) is 11.9 Å². The topological polar surface area (TPSA) is 91.4 Å². The highest BCUT2D eigenvalue weighted by Crippen LogP contribution is 2.33. The lowest BCUT2D eigenvalue weighted by molar-refractivity contribution is -0.143. The summed E-state index contributed by atoms with van der Waals surface area (Å²) in [6.07, 6.45) is 4.06. The lowest BCUT2D eigenvalue weighted by Crippen LogP contribution is -2.45. The summed E-state index contributed by atoms with van der Waals surface area (Å²) in [7, 11) is 0. The Morgan fingerprint density at radius 3 is 2.96 bits per heavy atom. The third-order valence-electron chi connectivity index (χ3n) is 5.20. The molecule has 8 nitrogen and oxygen atoms in total. The van der Waals surface area contributed by atoms with Crippen molar-refractivity contribution in [1.82, 2.24) is 25.0 Å². The molecule has 3 heterocycles. The van der Waals surface area contributed by atoms with Crippen LogP contribution in [0.25, 0.3) is 0 Å². The molecule has 2 aliphatic heterocycles. The minimum Gasteiger partial charge on any atom is -0.366 e. The van der Waals surface area contributed by atoms with E-state index in [0.717, 1.165) is 31.5 Å². The Morgan fingerprint density at radius 2 is 2.20 bits per heavy atom. The number of aryl methyl sites for hydroxylation is 1. The summed E-state index contributed by atoms with van der Waals surface area (Å²) < 4.78 is 5.77. The molecule has 136 valence electrons. The summed E-state index contributed by atoms with van der Waals surface area (Å²) >= 11 is 0. The van der Waals surface area contributed by atoms with Crippen molar-refractivity contribution < 1.29 is 14.3 Å². The van der Waals surface area contributed by atoms with Crippen LogP contribution in [0.2, 0.25) is 0 Å². The molecule has 4 rings (SSSR count). The van der Waals surface area contributed by atoms with Crippen LogP contribution >= 0.6 is 0 Å². The number of hydrogen-bond donors (Lipinski definition) is 1. The molecule has 2 saturated heterocycles. The first-order valence-electron chi connectivity index (χ1n) is 9.26. The Morgan fingerprint density at radius 1 is 1.36 bits per heavy atom. The predicted octanol–water partition coefficient (Wildman–Crippen LogP) is 0.668. The maximum atomic E-state index is 12.9. The van der Waals surface area contributed by atoms with Crippen molar-refractivity contribution in [3.8, 4) is 0 Å². The molecule has 1 saturated carbocycles. The highest BCUT2D eigenvalue weighted by Gasteiger charge is 2.43. The molecule has 0 radical (unpaired) electrons. The number of carbonyl (C=O) groups is 2. The average Bonchev–Trinajstić information content (AvgIpc) is 3.23. The van der Waals surface area contributed by atoms with E-state index in [9.17, 15) is 9.59 Å². The van der Waals surface area contributed by atoms with Crippen LogP contribution in [-0.2, 0) is 20.7 Å². The number of aromatic nitrogens is 3. The number of H-pyrrole nitrogens is 1. The van der Waals surface area contributed by atoms with Gasteiger partial charge in [-0.15, -0.1) is 0 Å². The van der Waals surface area contributed by atoms with E-state index in [1.165, 1.54) is 0 Å². The van der Waals surface area contributed by atoms with Crippen LogP contribution in [0.1, 0.15) is 50.4 Å². The van der Waals surface area contributed by atoms with Crippen molar-refractivity contribution in [3.05, 3.63) is 11.6 Å². The monoisotopic (exact) mass is 347 g/mol. The summed E-state index contributed by atoms with van der Waals surface area (Å²) in [4.78, 5) is 33.2. The smallest absolute Gasteiger partial charge is 0.228 e. The Bertz CT molecular complexity index is 656. The van der Waals surface area contributed by atoms with Crippen LogP contribution in [0.15, 0.2) is 0 Å². The van der Waals surface area contributed by atoms with Crippen molar-refractivity contribution in [2.75, 3.05) is 26.2 Å². The molecule has 2 amide bonds. The van der Waals surface area contributed by atoms with Gasteiger partial charge in [-0.3, -0.25) is 14.7 Å². The van der Waals surface area contributed by atoms with Crippen molar-refractivity contribution in [2.45, 2.75) is 51.2 Å². The van der Waals surface area contributed by atoms with Gasteiger partial charge in [0.25, 0.3) is 0 Å². The number of morpholine rings is 1. The van der Waals surface area contributed by atoms with E-state index in [1.54, 1.807) is 0 Å². The van der Waals surface area contributed by atoms with Crippen molar-refractivity contribution in [2.24, 2.45) is 5.92 Å². The molecule has 1 aromatic rings. The van der Waals surface area contributed by atoms with Crippen LogP contribution in [-0.4, -0.2) is 69.1 Å². The van der Waals surface area contributed by atoms with Gasteiger partial charge < -0.3 is 14.5 Å². The zero-order valence-corrected chi connectivity index (χ0v) is 14.6. The lowest BCUT2D eigenvalue weighted by atomic mass is 10.1. The van der Waals surface area contributed by atoms with Gasteiger partial charge in [-0.05, 0) is 19.3 Å². The van der Waals surface area contributed by atoms with E-state index in [2.05, 4.69) is 22.1 Å². The molecule has 0 aromatic carbocycles. The van der Waals surface area contributed by atoms with Crippen LogP contribution < -0.4 is 0 Å². The number of hydrogen-bond acceptors (Lipinski definition) is 5. The maximum absolute atomic E-state index is 12.9. The van der Waals surface area contributed by atoms with Gasteiger partial charge in [0.05, 0.1) is 19.1 Å². The maximum Gasteiger partial charge on any atom is 0.228 e. The average molecular weight is 347 g/mol. The summed E-state index contributed by atoms with van der Waals surface area (Å²) in [5, 5.41) is 7.18. The second kappa shape index (κ2) is 6.74. The molecule has 8 heteroatoms. The number of likely N-dealkylation sites (tertiary alicyclic amines) is 1. The number of nitrogens with zero attached hydrogens (tertiary/aromatic N) is 4. The van der Waals surface area contributed by atoms with Gasteiger partial charge in [0.15, 0.2) is 5.82 Å². The van der Waals surface area contributed by atoms with E-state index >= 15 is 0 Å². The first kappa shape index (κ1) is 16.5. The zero-order chi connectivity index (χ0) is 17.4. The Hall–Kier alpha value is -1.96. The molecule has 1 aliphatic carbocycles. The molecular formula is C17H25N5O3. The minimum absolute atomic E-state index is 0.0640. The first-order chi connectivity index (χ1) is 12.2. The molecule has 3 fully saturated rings. The van der Waals surface area contributed by atoms with E-state index in [-0.39, 0.29) is 23.8 Å². The number of nitrogens with one attached hydrogen (secondary N) is 1. The molecule has 0 unspecified atom stereocenters. The molecular weight excluding hydrogens is 322 g/mol. The van der Waals surface area contributed by atoms with Gasteiger partial charge in [-0.25, -0.2) is 4.98 Å². The predicted molar refractivity (Wildman–Crippen MR) is 88.5 cm³/mol. The summed E-state index contributed by atoms with van der Waals surface area (Å²) in [5.41, 5.74) is 0. The normalized spacial score (nSPS) is 27.2. The van der Waals surface area contributed by atoms with E-state index < -0.39 is 0 Å². The van der Waals surface area contributed by atoms with Gasteiger partial charge in [-0.2, -0.15) is 5.10 Å². The standard InChI is InChI=1S/C17H25N5O3/c1-2-3-14-18-16(20-19-14)13-10-21(6-7-25-13)17(24)11-8-15(23)22(9-11)12-4-5-12/h11-13H,2-10H2,1H3,(H,18,19,20)/t11-,13-/m1/s1. The number of amides is 2. The minimum atomic E-state index is -0.295. The van der Waals surface area contributed by atoms with Gasteiger partial charge >= 0.3 is 0 Å². The SMILES string of the molecule is CCCc1nc([C@H]2CN(C(=O)[C@@H]3CC(=O)N(C4CC4)C3)CCO2)n[nH]1. The second-order valence-corrected chi connectivity index (χ2v) is 7.21. The van der Waals surface area contributed by atoms with Crippen molar-refractivity contribution >= 4 is 11.8 Å². The molecule has 1 N–H and O–H groups in total. The van der Waals surface area contributed by atoms with Crippen molar-refractivity contribution in [3.63, 3.8) is 0 Å². The molecule has 0 bridgehead atoms.